The number of carboxylic acids is 1. The fourth-order valence-electron chi connectivity index (χ4n) is 2.78. The van der Waals surface area contributed by atoms with Crippen molar-refractivity contribution in [1.82, 2.24) is 0 Å². The number of halogens is 1. The lowest BCUT2D eigenvalue weighted by molar-refractivity contribution is -0.131. The number of nitrogens with zero attached hydrogens (tertiary/aromatic N) is 1. The highest BCUT2D eigenvalue weighted by Crippen LogP contribution is 2.30. The van der Waals surface area contributed by atoms with Crippen LogP contribution in [-0.2, 0) is 4.79 Å². The molecule has 0 aromatic heterocycles. The van der Waals surface area contributed by atoms with E-state index in [0.29, 0.717) is 5.02 Å². The molecule has 2 rings (SSSR count). The lowest BCUT2D eigenvalue weighted by atomic mass is 10.1. The zero-order valence-electron chi connectivity index (χ0n) is 11.7. The van der Waals surface area contributed by atoms with E-state index in [9.17, 15) is 4.79 Å². The summed E-state index contributed by atoms with van der Waals surface area (Å²) < 4.78 is 0. The molecule has 0 aliphatic heterocycles. The van der Waals surface area contributed by atoms with Crippen LogP contribution < -0.4 is 4.90 Å². The van der Waals surface area contributed by atoms with Gasteiger partial charge in [-0.1, -0.05) is 30.5 Å². The van der Waals surface area contributed by atoms with Gasteiger partial charge in [-0.15, -0.1) is 0 Å². The van der Waals surface area contributed by atoms with Gasteiger partial charge in [-0.2, -0.15) is 0 Å². The van der Waals surface area contributed by atoms with Gasteiger partial charge in [-0.3, -0.25) is 0 Å². The van der Waals surface area contributed by atoms with E-state index in [1.54, 1.807) is 6.08 Å². The molecule has 0 radical (unpaired) electrons. The summed E-state index contributed by atoms with van der Waals surface area (Å²) in [5, 5.41) is 9.28. The Morgan fingerprint density at radius 2 is 2.15 bits per heavy atom. The van der Waals surface area contributed by atoms with Gasteiger partial charge in [0.15, 0.2) is 0 Å². The van der Waals surface area contributed by atoms with Crippen LogP contribution in [0.4, 0.5) is 5.69 Å². The Balaban J connectivity index is 2.06. The first-order valence-corrected chi connectivity index (χ1v) is 7.36. The highest BCUT2D eigenvalue weighted by molar-refractivity contribution is 6.33. The summed E-state index contributed by atoms with van der Waals surface area (Å²) in [6, 6.07) is 5.66. The van der Waals surface area contributed by atoms with Crippen LogP contribution in [-0.4, -0.2) is 24.7 Å². The summed E-state index contributed by atoms with van der Waals surface area (Å²) in [5.74, 6) is -0.189. The molecule has 1 aromatic rings. The third-order valence-corrected chi connectivity index (χ3v) is 4.11. The minimum absolute atomic E-state index is 0.665. The molecule has 0 spiro atoms. The van der Waals surface area contributed by atoms with Gasteiger partial charge in [-0.25, -0.2) is 4.79 Å². The van der Waals surface area contributed by atoms with E-state index in [1.807, 2.05) is 18.2 Å². The molecule has 1 fully saturated rings. The van der Waals surface area contributed by atoms with Gasteiger partial charge in [-0.05, 0) is 42.5 Å². The molecular weight excluding hydrogens is 274 g/mol. The first-order chi connectivity index (χ1) is 9.56. The highest BCUT2D eigenvalue weighted by Gasteiger charge is 2.18. The van der Waals surface area contributed by atoms with Crippen molar-refractivity contribution in [3.8, 4) is 0 Å². The summed E-state index contributed by atoms with van der Waals surface area (Å²) in [5.41, 5.74) is 1.81. The van der Waals surface area contributed by atoms with E-state index in [2.05, 4.69) is 11.9 Å². The third kappa shape index (κ3) is 4.01. The van der Waals surface area contributed by atoms with Gasteiger partial charge in [0.05, 0.1) is 10.7 Å². The van der Waals surface area contributed by atoms with Gasteiger partial charge in [0.1, 0.15) is 0 Å². The molecule has 0 heterocycles. The van der Waals surface area contributed by atoms with Crippen LogP contribution in [0, 0.1) is 5.92 Å². The molecule has 1 saturated carbocycles. The SMILES string of the molecule is CN(CC1CCCC1)c1ccc(/C=C/C(=O)O)cc1Cl. The Labute approximate surface area is 124 Å². The van der Waals surface area contributed by atoms with Gasteiger partial charge in [0.2, 0.25) is 0 Å². The molecule has 0 bridgehead atoms. The molecule has 1 N–H and O–H groups in total. The van der Waals surface area contributed by atoms with Crippen molar-refractivity contribution in [2.24, 2.45) is 5.92 Å². The summed E-state index contributed by atoms with van der Waals surface area (Å²) in [6.45, 7) is 1.03. The third-order valence-electron chi connectivity index (χ3n) is 3.81. The number of hydrogen-bond donors (Lipinski definition) is 1. The van der Waals surface area contributed by atoms with Crippen LogP contribution in [0.25, 0.3) is 6.08 Å². The van der Waals surface area contributed by atoms with E-state index in [-0.39, 0.29) is 0 Å². The van der Waals surface area contributed by atoms with E-state index < -0.39 is 5.97 Å². The van der Waals surface area contributed by atoms with Crippen LogP contribution in [0.3, 0.4) is 0 Å². The number of rotatable bonds is 5. The zero-order valence-corrected chi connectivity index (χ0v) is 12.4. The van der Waals surface area contributed by atoms with E-state index in [0.717, 1.165) is 29.8 Å². The maximum atomic E-state index is 10.5. The fourth-order valence-corrected chi connectivity index (χ4v) is 3.12. The Bertz CT molecular complexity index is 507. The maximum Gasteiger partial charge on any atom is 0.328 e. The van der Waals surface area contributed by atoms with Crippen molar-refractivity contribution in [2.75, 3.05) is 18.5 Å². The van der Waals surface area contributed by atoms with E-state index >= 15 is 0 Å². The first kappa shape index (κ1) is 14.9. The molecule has 1 aromatic carbocycles. The summed E-state index contributed by atoms with van der Waals surface area (Å²) >= 11 is 6.30. The number of hydrogen-bond acceptors (Lipinski definition) is 2. The second kappa shape index (κ2) is 6.80. The molecular formula is C16H20ClNO2. The summed E-state index contributed by atoms with van der Waals surface area (Å²) in [6.07, 6.45) is 7.96. The van der Waals surface area contributed by atoms with Crippen molar-refractivity contribution in [3.63, 3.8) is 0 Å². The van der Waals surface area contributed by atoms with Crippen LogP contribution >= 0.6 is 11.6 Å². The van der Waals surface area contributed by atoms with Crippen LogP contribution in [0.1, 0.15) is 31.2 Å². The summed E-state index contributed by atoms with van der Waals surface area (Å²) in [7, 11) is 2.06. The molecule has 3 nitrogen and oxygen atoms in total. The first-order valence-electron chi connectivity index (χ1n) is 6.98. The fraction of sp³-hybridized carbons (Fsp3) is 0.438. The Morgan fingerprint density at radius 1 is 1.45 bits per heavy atom. The molecule has 0 atom stereocenters. The van der Waals surface area contributed by atoms with Crippen molar-refractivity contribution in [3.05, 3.63) is 34.9 Å². The lowest BCUT2D eigenvalue weighted by Crippen LogP contribution is -2.24. The topological polar surface area (TPSA) is 40.5 Å². The number of carboxylic acid groups (broad SMARTS) is 1. The molecule has 1 aliphatic carbocycles. The predicted octanol–water partition coefficient (Wildman–Crippen LogP) is 4.06. The smallest absolute Gasteiger partial charge is 0.328 e. The monoisotopic (exact) mass is 293 g/mol. The number of anilines is 1. The second-order valence-corrected chi connectivity index (χ2v) is 5.82. The van der Waals surface area contributed by atoms with Crippen LogP contribution in [0.2, 0.25) is 5.02 Å². The van der Waals surface area contributed by atoms with E-state index in [4.69, 9.17) is 16.7 Å². The molecule has 0 unspecified atom stereocenters. The van der Waals surface area contributed by atoms with Crippen molar-refractivity contribution in [1.29, 1.82) is 0 Å². The molecule has 108 valence electrons. The molecule has 0 amide bonds. The average Bonchev–Trinajstić information content (AvgIpc) is 2.89. The maximum absolute atomic E-state index is 10.5. The molecule has 4 heteroatoms. The Morgan fingerprint density at radius 3 is 2.75 bits per heavy atom. The van der Waals surface area contributed by atoms with Gasteiger partial charge in [0.25, 0.3) is 0 Å². The number of carbonyl (C=O) groups is 1. The zero-order chi connectivity index (χ0) is 14.5. The second-order valence-electron chi connectivity index (χ2n) is 5.41. The minimum Gasteiger partial charge on any atom is -0.478 e. The lowest BCUT2D eigenvalue weighted by Gasteiger charge is -2.24. The predicted molar refractivity (Wildman–Crippen MR) is 83.3 cm³/mol. The van der Waals surface area contributed by atoms with Gasteiger partial charge < -0.3 is 10.0 Å². The van der Waals surface area contributed by atoms with Crippen LogP contribution in [0.5, 0.6) is 0 Å². The highest BCUT2D eigenvalue weighted by atomic mass is 35.5. The number of aliphatic carboxylic acids is 1. The minimum atomic E-state index is -0.955. The van der Waals surface area contributed by atoms with Crippen molar-refractivity contribution >= 4 is 29.3 Å². The normalized spacial score (nSPS) is 15.9. The average molecular weight is 294 g/mol. The van der Waals surface area contributed by atoms with Crippen molar-refractivity contribution < 1.29 is 9.90 Å². The summed E-state index contributed by atoms with van der Waals surface area (Å²) in [4.78, 5) is 12.7. The van der Waals surface area contributed by atoms with Gasteiger partial charge in [0, 0.05) is 19.7 Å². The Kier molecular flexibility index (Phi) is 5.07. The van der Waals surface area contributed by atoms with Crippen molar-refractivity contribution in [2.45, 2.75) is 25.7 Å². The quantitative estimate of drug-likeness (QED) is 0.832. The molecule has 20 heavy (non-hydrogen) atoms. The number of benzene rings is 1. The molecule has 1 aliphatic rings. The van der Waals surface area contributed by atoms with Crippen LogP contribution in [0.15, 0.2) is 24.3 Å². The molecule has 0 saturated heterocycles. The standard InChI is InChI=1S/C16H20ClNO2/c1-18(11-13-4-2-3-5-13)15-8-6-12(10-14(15)17)7-9-16(19)20/h6-10,13H,2-5,11H2,1H3,(H,19,20)/b9-7+. The van der Waals surface area contributed by atoms with Gasteiger partial charge >= 0.3 is 5.97 Å². The largest absolute Gasteiger partial charge is 0.478 e. The Hall–Kier alpha value is -1.48. The van der Waals surface area contributed by atoms with E-state index in [1.165, 1.54) is 25.7 Å².